The maximum absolute atomic E-state index is 11.0. The molecule has 0 amide bonds. The van der Waals surface area contributed by atoms with E-state index in [2.05, 4.69) is 18.8 Å². The Morgan fingerprint density at radius 2 is 2.35 bits per heavy atom. The topological polar surface area (TPSA) is 46.5 Å². The van der Waals surface area contributed by atoms with E-state index >= 15 is 0 Å². The Kier molecular flexibility index (Phi) is 5.58. The molecule has 92 valence electrons. The highest BCUT2D eigenvalue weighted by molar-refractivity contribution is 7.14. The first-order valence-corrected chi connectivity index (χ1v) is 6.39. The number of ether oxygens (including phenoxy) is 1. The normalized spacial score (nSPS) is 9.53. The van der Waals surface area contributed by atoms with E-state index in [1.54, 1.807) is 6.92 Å². The van der Waals surface area contributed by atoms with Gasteiger partial charge in [-0.3, -0.25) is 0 Å². The average Bonchev–Trinajstić information content (AvgIpc) is 2.68. The highest BCUT2D eigenvalue weighted by Crippen LogP contribution is 2.30. The summed E-state index contributed by atoms with van der Waals surface area (Å²) in [5.41, 5.74) is 0. The third-order valence-corrected chi connectivity index (χ3v) is 3.27. The number of rotatable bonds is 6. The van der Waals surface area contributed by atoms with E-state index in [4.69, 9.17) is 9.84 Å². The number of hydrogen-bond acceptors (Lipinski definition) is 3. The number of hydrogen-bond donors (Lipinski definition) is 1. The SMILES string of the molecule is CC#CCCOc1cc(CCC)sc1C(=O)O. The van der Waals surface area contributed by atoms with Crippen LogP contribution in [0.25, 0.3) is 0 Å². The highest BCUT2D eigenvalue weighted by Gasteiger charge is 2.16. The van der Waals surface area contributed by atoms with Gasteiger partial charge in [0.15, 0.2) is 4.88 Å². The summed E-state index contributed by atoms with van der Waals surface area (Å²) in [7, 11) is 0. The summed E-state index contributed by atoms with van der Waals surface area (Å²) in [5, 5.41) is 9.05. The number of thiophene rings is 1. The minimum Gasteiger partial charge on any atom is -0.491 e. The minimum atomic E-state index is -0.922. The Morgan fingerprint density at radius 3 is 2.94 bits per heavy atom. The van der Waals surface area contributed by atoms with Gasteiger partial charge in [0, 0.05) is 11.3 Å². The van der Waals surface area contributed by atoms with Gasteiger partial charge in [0.25, 0.3) is 0 Å². The van der Waals surface area contributed by atoms with Crippen LogP contribution in [0.4, 0.5) is 0 Å². The molecule has 1 aromatic rings. The summed E-state index contributed by atoms with van der Waals surface area (Å²) < 4.78 is 5.45. The number of carboxylic acids is 1. The number of carbonyl (C=O) groups is 1. The molecular weight excluding hydrogens is 236 g/mol. The zero-order valence-electron chi connectivity index (χ0n) is 10.1. The van der Waals surface area contributed by atoms with E-state index in [1.165, 1.54) is 11.3 Å². The van der Waals surface area contributed by atoms with Crippen molar-refractivity contribution in [2.24, 2.45) is 0 Å². The Morgan fingerprint density at radius 1 is 1.59 bits per heavy atom. The molecule has 0 atom stereocenters. The van der Waals surface area contributed by atoms with Gasteiger partial charge in [0.05, 0.1) is 6.61 Å². The lowest BCUT2D eigenvalue weighted by atomic mass is 10.3. The lowest BCUT2D eigenvalue weighted by Crippen LogP contribution is -2.00. The fourth-order valence-electron chi connectivity index (χ4n) is 1.39. The van der Waals surface area contributed by atoms with Gasteiger partial charge >= 0.3 is 5.97 Å². The zero-order valence-corrected chi connectivity index (χ0v) is 10.9. The van der Waals surface area contributed by atoms with Gasteiger partial charge in [-0.15, -0.1) is 23.2 Å². The van der Waals surface area contributed by atoms with Crippen molar-refractivity contribution >= 4 is 17.3 Å². The van der Waals surface area contributed by atoms with Crippen LogP contribution in [0, 0.1) is 11.8 Å². The van der Waals surface area contributed by atoms with Crippen molar-refractivity contribution in [2.75, 3.05) is 6.61 Å². The van der Waals surface area contributed by atoms with Crippen LogP contribution >= 0.6 is 11.3 Å². The van der Waals surface area contributed by atoms with Crippen LogP contribution in [0.5, 0.6) is 5.75 Å². The van der Waals surface area contributed by atoms with E-state index in [9.17, 15) is 4.79 Å². The number of aryl methyl sites for hydroxylation is 1. The first-order valence-electron chi connectivity index (χ1n) is 5.57. The van der Waals surface area contributed by atoms with Gasteiger partial charge in [0.2, 0.25) is 0 Å². The molecule has 1 aromatic heterocycles. The Balaban J connectivity index is 2.72. The summed E-state index contributed by atoms with van der Waals surface area (Å²) >= 11 is 1.30. The smallest absolute Gasteiger partial charge is 0.349 e. The van der Waals surface area contributed by atoms with Crippen molar-refractivity contribution in [3.8, 4) is 17.6 Å². The Bertz CT molecular complexity index is 437. The predicted octanol–water partition coefficient (Wildman–Crippen LogP) is 3.19. The molecule has 0 saturated heterocycles. The maximum atomic E-state index is 11.0. The second-order valence-electron chi connectivity index (χ2n) is 3.49. The van der Waals surface area contributed by atoms with Crippen LogP contribution < -0.4 is 4.74 Å². The van der Waals surface area contributed by atoms with Crippen molar-refractivity contribution in [3.63, 3.8) is 0 Å². The average molecular weight is 252 g/mol. The second kappa shape index (κ2) is 6.97. The lowest BCUT2D eigenvalue weighted by Gasteiger charge is -2.01. The Hall–Kier alpha value is -1.47. The van der Waals surface area contributed by atoms with Crippen LogP contribution in [0.1, 0.15) is 41.2 Å². The summed E-state index contributed by atoms with van der Waals surface area (Å²) in [4.78, 5) is 12.4. The van der Waals surface area contributed by atoms with Gasteiger partial charge in [-0.05, 0) is 19.4 Å². The molecule has 0 aliphatic carbocycles. The molecule has 0 aromatic carbocycles. The van der Waals surface area contributed by atoms with Crippen LogP contribution in [0.15, 0.2) is 6.07 Å². The first-order chi connectivity index (χ1) is 8.19. The quantitative estimate of drug-likeness (QED) is 0.624. The minimum absolute atomic E-state index is 0.290. The van der Waals surface area contributed by atoms with Crippen LogP contribution in [-0.4, -0.2) is 17.7 Å². The van der Waals surface area contributed by atoms with E-state index in [-0.39, 0.29) is 4.88 Å². The standard InChI is InChI=1S/C13H16O3S/c1-3-5-6-8-16-11-9-10(7-4-2)17-12(11)13(14)15/h9H,4,6-8H2,1-2H3,(H,14,15). The molecule has 1 heterocycles. The third-order valence-electron chi connectivity index (χ3n) is 2.10. The molecule has 0 aliphatic rings. The van der Waals surface area contributed by atoms with E-state index in [0.29, 0.717) is 18.8 Å². The van der Waals surface area contributed by atoms with Crippen LogP contribution in [0.2, 0.25) is 0 Å². The maximum Gasteiger partial charge on any atom is 0.349 e. The van der Waals surface area contributed by atoms with Crippen molar-refractivity contribution < 1.29 is 14.6 Å². The van der Waals surface area contributed by atoms with Crippen molar-refractivity contribution in [1.82, 2.24) is 0 Å². The summed E-state index contributed by atoms with van der Waals surface area (Å²) in [6.07, 6.45) is 2.51. The first kappa shape index (κ1) is 13.6. The lowest BCUT2D eigenvalue weighted by molar-refractivity contribution is 0.0698. The highest BCUT2D eigenvalue weighted by atomic mass is 32.1. The number of carboxylic acid groups (broad SMARTS) is 1. The number of aromatic carboxylic acids is 1. The van der Waals surface area contributed by atoms with Crippen molar-refractivity contribution in [2.45, 2.75) is 33.1 Å². The molecule has 1 N–H and O–H groups in total. The Labute approximate surface area is 105 Å². The van der Waals surface area contributed by atoms with Gasteiger partial charge in [-0.1, -0.05) is 13.3 Å². The predicted molar refractivity (Wildman–Crippen MR) is 68.8 cm³/mol. The molecule has 0 unspecified atom stereocenters. The molecule has 1 rings (SSSR count). The molecule has 0 bridgehead atoms. The van der Waals surface area contributed by atoms with Gasteiger partial charge < -0.3 is 9.84 Å². The van der Waals surface area contributed by atoms with Crippen molar-refractivity contribution in [3.05, 3.63) is 15.8 Å². The summed E-state index contributed by atoms with van der Waals surface area (Å²) in [6, 6.07) is 1.83. The molecule has 0 fully saturated rings. The third kappa shape index (κ3) is 4.12. The fourth-order valence-corrected chi connectivity index (χ4v) is 2.43. The second-order valence-corrected chi connectivity index (χ2v) is 4.62. The fraction of sp³-hybridized carbons (Fsp3) is 0.462. The molecule has 0 saturated carbocycles. The zero-order chi connectivity index (χ0) is 12.7. The van der Waals surface area contributed by atoms with Crippen molar-refractivity contribution in [1.29, 1.82) is 0 Å². The van der Waals surface area contributed by atoms with Gasteiger partial charge in [-0.25, -0.2) is 4.79 Å². The van der Waals surface area contributed by atoms with Gasteiger partial charge in [0.1, 0.15) is 5.75 Å². The molecule has 4 heteroatoms. The molecule has 17 heavy (non-hydrogen) atoms. The largest absolute Gasteiger partial charge is 0.491 e. The van der Waals surface area contributed by atoms with Crippen LogP contribution in [0.3, 0.4) is 0 Å². The van der Waals surface area contributed by atoms with E-state index < -0.39 is 5.97 Å². The van der Waals surface area contributed by atoms with Gasteiger partial charge in [-0.2, -0.15) is 0 Å². The summed E-state index contributed by atoms with van der Waals surface area (Å²) in [5.74, 6) is 5.21. The van der Waals surface area contributed by atoms with E-state index in [0.717, 1.165) is 17.7 Å². The molecule has 0 radical (unpaired) electrons. The monoisotopic (exact) mass is 252 g/mol. The molecule has 0 aliphatic heterocycles. The molecule has 0 spiro atoms. The molecule has 3 nitrogen and oxygen atoms in total. The van der Waals surface area contributed by atoms with E-state index in [1.807, 2.05) is 6.07 Å². The van der Waals surface area contributed by atoms with Crippen LogP contribution in [-0.2, 0) is 6.42 Å². The molecular formula is C13H16O3S. The summed E-state index contributed by atoms with van der Waals surface area (Å²) in [6.45, 7) is 4.27.